The maximum atomic E-state index is 11.5. The first-order chi connectivity index (χ1) is 8.22. The average molecular weight is 253 g/mol. The van der Waals surface area contributed by atoms with Crippen molar-refractivity contribution in [2.24, 2.45) is 5.11 Å². The summed E-state index contributed by atoms with van der Waals surface area (Å²) in [5.41, 5.74) is 8.93. The fourth-order valence-corrected chi connectivity index (χ4v) is 1.53. The number of hydrogen-bond donors (Lipinski definition) is 1. The summed E-state index contributed by atoms with van der Waals surface area (Å²) in [5.74, 6) is -0.0618. The highest BCUT2D eigenvalue weighted by Crippen LogP contribution is 2.10. The fourth-order valence-electron chi connectivity index (χ4n) is 1.32. The van der Waals surface area contributed by atoms with E-state index in [1.165, 1.54) is 0 Å². The Bertz CT molecular complexity index is 429. The zero-order valence-corrected chi connectivity index (χ0v) is 10.0. The molecule has 0 aliphatic heterocycles. The van der Waals surface area contributed by atoms with E-state index in [-0.39, 0.29) is 5.91 Å². The van der Waals surface area contributed by atoms with E-state index in [4.69, 9.17) is 17.1 Å². The van der Waals surface area contributed by atoms with Crippen LogP contribution < -0.4 is 5.32 Å². The van der Waals surface area contributed by atoms with Crippen molar-refractivity contribution in [2.45, 2.75) is 12.8 Å². The predicted molar refractivity (Wildman–Crippen MR) is 66.8 cm³/mol. The minimum Gasteiger partial charge on any atom is -0.356 e. The Kier molecular flexibility index (Phi) is 5.93. The number of carbonyl (C=O) groups is 1. The minimum atomic E-state index is -0.0618. The minimum absolute atomic E-state index is 0.0618. The Labute approximate surface area is 104 Å². The molecule has 0 heterocycles. The van der Waals surface area contributed by atoms with E-state index >= 15 is 0 Å². The van der Waals surface area contributed by atoms with Crippen molar-refractivity contribution in [1.82, 2.24) is 5.32 Å². The normalized spacial score (nSPS) is 9.47. The van der Waals surface area contributed by atoms with Crippen LogP contribution in [0.2, 0.25) is 5.02 Å². The molecule has 0 radical (unpaired) electrons. The number of benzene rings is 1. The van der Waals surface area contributed by atoms with Gasteiger partial charge in [0.05, 0.1) is 6.42 Å². The van der Waals surface area contributed by atoms with Gasteiger partial charge in [-0.1, -0.05) is 28.8 Å². The fraction of sp³-hybridized carbons (Fsp3) is 0.364. The Balaban J connectivity index is 2.27. The van der Waals surface area contributed by atoms with Crippen molar-refractivity contribution < 1.29 is 4.79 Å². The molecule has 0 aromatic heterocycles. The van der Waals surface area contributed by atoms with Crippen LogP contribution in [0.4, 0.5) is 0 Å². The number of hydrogen-bond acceptors (Lipinski definition) is 2. The maximum absolute atomic E-state index is 11.5. The van der Waals surface area contributed by atoms with Gasteiger partial charge in [0, 0.05) is 23.0 Å². The van der Waals surface area contributed by atoms with Crippen molar-refractivity contribution in [3.05, 3.63) is 45.3 Å². The molecule has 1 aromatic rings. The highest BCUT2D eigenvalue weighted by Gasteiger charge is 2.02. The first kappa shape index (κ1) is 13.4. The molecule has 17 heavy (non-hydrogen) atoms. The lowest BCUT2D eigenvalue weighted by molar-refractivity contribution is -0.120. The highest BCUT2D eigenvalue weighted by molar-refractivity contribution is 6.30. The van der Waals surface area contributed by atoms with Crippen LogP contribution in [0.25, 0.3) is 10.4 Å². The predicted octanol–water partition coefficient (Wildman–Crippen LogP) is 2.70. The molecule has 5 nitrogen and oxygen atoms in total. The van der Waals surface area contributed by atoms with E-state index in [2.05, 4.69) is 15.3 Å². The standard InChI is InChI=1S/C11H13ClN4O/c12-10-4-1-3-9(7-10)8-11(17)14-5-2-6-15-16-13/h1,3-4,7H,2,5-6,8H2,(H,14,17). The monoisotopic (exact) mass is 252 g/mol. The van der Waals surface area contributed by atoms with Crippen molar-refractivity contribution in [2.75, 3.05) is 13.1 Å². The molecule has 0 saturated carbocycles. The lowest BCUT2D eigenvalue weighted by Gasteiger charge is -2.04. The molecule has 0 unspecified atom stereocenters. The van der Waals surface area contributed by atoms with Gasteiger partial charge in [0.25, 0.3) is 0 Å². The van der Waals surface area contributed by atoms with Gasteiger partial charge in [-0.05, 0) is 29.6 Å². The van der Waals surface area contributed by atoms with Crippen molar-refractivity contribution in [1.29, 1.82) is 0 Å². The summed E-state index contributed by atoms with van der Waals surface area (Å²) in [5, 5.41) is 6.74. The number of azide groups is 1. The largest absolute Gasteiger partial charge is 0.356 e. The summed E-state index contributed by atoms with van der Waals surface area (Å²) in [7, 11) is 0. The molecule has 0 atom stereocenters. The number of halogens is 1. The Morgan fingerprint density at radius 3 is 3.06 bits per heavy atom. The van der Waals surface area contributed by atoms with Gasteiger partial charge in [-0.3, -0.25) is 4.79 Å². The van der Waals surface area contributed by atoms with E-state index in [0.717, 1.165) is 5.56 Å². The van der Waals surface area contributed by atoms with Gasteiger partial charge in [-0.15, -0.1) is 0 Å². The average Bonchev–Trinajstić information content (AvgIpc) is 2.29. The Morgan fingerprint density at radius 2 is 2.35 bits per heavy atom. The molecular formula is C11H13ClN4O. The third kappa shape index (κ3) is 5.80. The maximum Gasteiger partial charge on any atom is 0.224 e. The van der Waals surface area contributed by atoms with Gasteiger partial charge in [-0.2, -0.15) is 0 Å². The van der Waals surface area contributed by atoms with Crippen LogP contribution in [-0.2, 0) is 11.2 Å². The molecule has 1 amide bonds. The van der Waals surface area contributed by atoms with Gasteiger partial charge < -0.3 is 5.32 Å². The number of nitrogens with zero attached hydrogens (tertiary/aromatic N) is 3. The number of nitrogens with one attached hydrogen (secondary N) is 1. The summed E-state index contributed by atoms with van der Waals surface area (Å²) >= 11 is 5.81. The van der Waals surface area contributed by atoms with E-state index in [1.807, 2.05) is 12.1 Å². The first-order valence-electron chi connectivity index (χ1n) is 5.24. The molecule has 0 aliphatic rings. The highest BCUT2D eigenvalue weighted by atomic mass is 35.5. The topological polar surface area (TPSA) is 77.9 Å². The van der Waals surface area contributed by atoms with Gasteiger partial charge >= 0.3 is 0 Å². The first-order valence-corrected chi connectivity index (χ1v) is 5.62. The van der Waals surface area contributed by atoms with Crippen LogP contribution in [0, 0.1) is 0 Å². The number of rotatable bonds is 6. The van der Waals surface area contributed by atoms with Crippen LogP contribution in [0.15, 0.2) is 29.4 Å². The van der Waals surface area contributed by atoms with Gasteiger partial charge in [0.1, 0.15) is 0 Å². The van der Waals surface area contributed by atoms with E-state index in [0.29, 0.717) is 31.0 Å². The summed E-state index contributed by atoms with van der Waals surface area (Å²) in [4.78, 5) is 14.1. The zero-order chi connectivity index (χ0) is 12.5. The second-order valence-corrected chi connectivity index (χ2v) is 3.90. The molecule has 1 aromatic carbocycles. The Hall–Kier alpha value is -1.71. The summed E-state index contributed by atoms with van der Waals surface area (Å²) in [6.45, 7) is 0.909. The van der Waals surface area contributed by atoms with E-state index in [1.54, 1.807) is 12.1 Å². The molecule has 1 rings (SSSR count). The molecule has 6 heteroatoms. The second kappa shape index (κ2) is 7.54. The third-order valence-electron chi connectivity index (χ3n) is 2.07. The van der Waals surface area contributed by atoms with Gasteiger partial charge in [0.15, 0.2) is 0 Å². The molecule has 0 aliphatic carbocycles. The van der Waals surface area contributed by atoms with Crippen molar-refractivity contribution >= 4 is 17.5 Å². The quantitative estimate of drug-likeness (QED) is 0.359. The van der Waals surface area contributed by atoms with Crippen LogP contribution >= 0.6 is 11.6 Å². The number of carbonyl (C=O) groups excluding carboxylic acids is 1. The Morgan fingerprint density at radius 1 is 1.53 bits per heavy atom. The second-order valence-electron chi connectivity index (χ2n) is 3.46. The smallest absolute Gasteiger partial charge is 0.224 e. The van der Waals surface area contributed by atoms with Gasteiger partial charge in [0.2, 0.25) is 5.91 Å². The van der Waals surface area contributed by atoms with Crippen LogP contribution in [-0.4, -0.2) is 19.0 Å². The lowest BCUT2D eigenvalue weighted by atomic mass is 10.1. The van der Waals surface area contributed by atoms with Gasteiger partial charge in [-0.25, -0.2) is 0 Å². The third-order valence-corrected chi connectivity index (χ3v) is 2.31. The molecule has 0 spiro atoms. The zero-order valence-electron chi connectivity index (χ0n) is 9.27. The SMILES string of the molecule is [N-]=[N+]=NCCCNC(=O)Cc1cccc(Cl)c1. The molecule has 0 fully saturated rings. The lowest BCUT2D eigenvalue weighted by Crippen LogP contribution is -2.26. The number of amides is 1. The van der Waals surface area contributed by atoms with Crippen molar-refractivity contribution in [3.8, 4) is 0 Å². The molecule has 0 bridgehead atoms. The summed E-state index contributed by atoms with van der Waals surface area (Å²) < 4.78 is 0. The molecule has 0 saturated heterocycles. The van der Waals surface area contributed by atoms with E-state index in [9.17, 15) is 4.79 Å². The van der Waals surface area contributed by atoms with E-state index < -0.39 is 0 Å². The van der Waals surface area contributed by atoms with Crippen LogP contribution in [0.3, 0.4) is 0 Å². The summed E-state index contributed by atoms with van der Waals surface area (Å²) in [6.07, 6.45) is 0.952. The van der Waals surface area contributed by atoms with Crippen molar-refractivity contribution in [3.63, 3.8) is 0 Å². The molecule has 90 valence electrons. The molecular weight excluding hydrogens is 240 g/mol. The molecule has 1 N–H and O–H groups in total. The van der Waals surface area contributed by atoms with Crippen LogP contribution in [0.5, 0.6) is 0 Å². The summed E-state index contributed by atoms with van der Waals surface area (Å²) in [6, 6.07) is 7.20. The van der Waals surface area contributed by atoms with Crippen LogP contribution in [0.1, 0.15) is 12.0 Å².